The van der Waals surface area contributed by atoms with Crippen LogP contribution >= 0.6 is 0 Å². The minimum atomic E-state index is -0.512. The number of hydrogen-bond acceptors (Lipinski definition) is 7. The SMILES string of the molecule is CCCN1C(=O)C2C(N=C3N(c4cc(OC)ccc4OC)CCN32)N(C)C1=O. The molecule has 3 heterocycles. The highest BCUT2D eigenvalue weighted by Crippen LogP contribution is 2.38. The quantitative estimate of drug-likeness (QED) is 0.755. The number of aliphatic imine (C=N–C) groups is 1. The molecule has 1 aromatic rings. The fourth-order valence-electron chi connectivity index (χ4n) is 4.10. The van der Waals surface area contributed by atoms with E-state index in [1.54, 1.807) is 26.2 Å². The minimum Gasteiger partial charge on any atom is -0.497 e. The first-order chi connectivity index (χ1) is 13.5. The summed E-state index contributed by atoms with van der Waals surface area (Å²) in [5.41, 5.74) is 0.827. The van der Waals surface area contributed by atoms with Gasteiger partial charge in [-0.25, -0.2) is 9.79 Å². The van der Waals surface area contributed by atoms with Gasteiger partial charge in [-0.3, -0.25) is 9.69 Å². The second-order valence-corrected chi connectivity index (χ2v) is 7.05. The van der Waals surface area contributed by atoms with Gasteiger partial charge >= 0.3 is 6.03 Å². The molecule has 9 nitrogen and oxygen atoms in total. The maximum Gasteiger partial charge on any atom is 0.328 e. The van der Waals surface area contributed by atoms with Crippen LogP contribution in [0.3, 0.4) is 0 Å². The van der Waals surface area contributed by atoms with Gasteiger partial charge < -0.3 is 24.2 Å². The molecule has 150 valence electrons. The molecule has 0 spiro atoms. The van der Waals surface area contributed by atoms with Crippen molar-refractivity contribution in [3.63, 3.8) is 0 Å². The number of anilines is 1. The Kier molecular flexibility index (Phi) is 4.52. The van der Waals surface area contributed by atoms with E-state index in [9.17, 15) is 9.59 Å². The molecule has 0 aliphatic carbocycles. The number of carbonyl (C=O) groups is 2. The zero-order chi connectivity index (χ0) is 20.0. The van der Waals surface area contributed by atoms with E-state index >= 15 is 0 Å². The lowest BCUT2D eigenvalue weighted by molar-refractivity contribution is -0.137. The molecule has 0 saturated carbocycles. The summed E-state index contributed by atoms with van der Waals surface area (Å²) in [6.45, 7) is 3.69. The molecule has 2 atom stereocenters. The number of carbonyl (C=O) groups excluding carboxylic acids is 2. The number of imide groups is 1. The third kappa shape index (κ3) is 2.56. The molecule has 2 fully saturated rings. The molecular formula is C19H25N5O4. The van der Waals surface area contributed by atoms with E-state index < -0.39 is 12.2 Å². The van der Waals surface area contributed by atoms with Crippen LogP contribution in [0.2, 0.25) is 0 Å². The number of guanidine groups is 1. The molecule has 0 N–H and O–H groups in total. The Hall–Kier alpha value is -2.97. The standard InChI is InChI=1S/C19H25N5O4/c1-5-8-24-17(25)15-16(21(2)19(24)26)20-18-22(9-10-23(15)18)13-11-12(27-3)6-7-14(13)28-4/h6-7,11,15-16H,5,8-10H2,1-4H3. The van der Waals surface area contributed by atoms with Gasteiger partial charge in [0.15, 0.2) is 12.2 Å². The van der Waals surface area contributed by atoms with Crippen LogP contribution in [-0.4, -0.2) is 85.7 Å². The van der Waals surface area contributed by atoms with Crippen LogP contribution in [0.15, 0.2) is 23.2 Å². The van der Waals surface area contributed by atoms with E-state index in [0.29, 0.717) is 37.1 Å². The van der Waals surface area contributed by atoms with Crippen molar-refractivity contribution in [2.45, 2.75) is 25.6 Å². The third-order valence-corrected chi connectivity index (χ3v) is 5.50. The van der Waals surface area contributed by atoms with Gasteiger partial charge in [-0.15, -0.1) is 0 Å². The van der Waals surface area contributed by atoms with E-state index in [1.165, 1.54) is 4.90 Å². The predicted octanol–water partition coefficient (Wildman–Crippen LogP) is 1.19. The maximum absolute atomic E-state index is 13.1. The average Bonchev–Trinajstić information content (AvgIpc) is 3.28. The predicted molar refractivity (Wildman–Crippen MR) is 104 cm³/mol. The smallest absolute Gasteiger partial charge is 0.328 e. The number of hydrogen-bond donors (Lipinski definition) is 0. The van der Waals surface area contributed by atoms with Gasteiger partial charge in [0.25, 0.3) is 5.91 Å². The normalized spacial score (nSPS) is 23.8. The zero-order valence-corrected chi connectivity index (χ0v) is 16.6. The van der Waals surface area contributed by atoms with Crippen LogP contribution in [0.25, 0.3) is 0 Å². The molecule has 28 heavy (non-hydrogen) atoms. The molecule has 3 aliphatic heterocycles. The van der Waals surface area contributed by atoms with Crippen molar-refractivity contribution in [1.82, 2.24) is 14.7 Å². The summed E-state index contributed by atoms with van der Waals surface area (Å²) in [6, 6.07) is 4.82. The van der Waals surface area contributed by atoms with Crippen molar-refractivity contribution in [2.24, 2.45) is 4.99 Å². The number of urea groups is 1. The van der Waals surface area contributed by atoms with Crippen LogP contribution in [0, 0.1) is 0 Å². The highest BCUT2D eigenvalue weighted by Gasteiger charge is 2.54. The molecule has 1 aromatic carbocycles. The summed E-state index contributed by atoms with van der Waals surface area (Å²) in [5.74, 6) is 1.92. The molecule has 0 bridgehead atoms. The maximum atomic E-state index is 13.1. The van der Waals surface area contributed by atoms with Gasteiger partial charge in [-0.2, -0.15) is 0 Å². The van der Waals surface area contributed by atoms with Crippen LogP contribution in [-0.2, 0) is 4.79 Å². The second kappa shape index (κ2) is 6.88. The first kappa shape index (κ1) is 18.4. The third-order valence-electron chi connectivity index (χ3n) is 5.50. The van der Waals surface area contributed by atoms with Gasteiger partial charge in [-0.1, -0.05) is 6.92 Å². The van der Waals surface area contributed by atoms with E-state index in [-0.39, 0.29) is 11.9 Å². The van der Waals surface area contributed by atoms with Crippen LogP contribution in [0.1, 0.15) is 13.3 Å². The molecule has 3 aliphatic rings. The largest absolute Gasteiger partial charge is 0.497 e. The molecule has 0 radical (unpaired) electrons. The zero-order valence-electron chi connectivity index (χ0n) is 16.6. The second-order valence-electron chi connectivity index (χ2n) is 7.05. The fourth-order valence-corrected chi connectivity index (χ4v) is 4.10. The monoisotopic (exact) mass is 387 g/mol. The van der Waals surface area contributed by atoms with Crippen molar-refractivity contribution in [3.8, 4) is 11.5 Å². The summed E-state index contributed by atoms with van der Waals surface area (Å²) in [7, 11) is 4.94. The van der Waals surface area contributed by atoms with Crippen molar-refractivity contribution < 1.29 is 19.1 Å². The van der Waals surface area contributed by atoms with Gasteiger partial charge in [0.05, 0.1) is 19.9 Å². The van der Waals surface area contributed by atoms with E-state index in [4.69, 9.17) is 14.5 Å². The number of methoxy groups -OCH3 is 2. The van der Waals surface area contributed by atoms with Crippen molar-refractivity contribution in [3.05, 3.63) is 18.2 Å². The van der Waals surface area contributed by atoms with Crippen LogP contribution < -0.4 is 14.4 Å². The summed E-state index contributed by atoms with van der Waals surface area (Å²) in [5, 5.41) is 0. The minimum absolute atomic E-state index is 0.173. The van der Waals surface area contributed by atoms with Gasteiger partial charge in [0.1, 0.15) is 11.5 Å². The first-order valence-corrected chi connectivity index (χ1v) is 9.44. The average molecular weight is 387 g/mol. The van der Waals surface area contributed by atoms with Crippen molar-refractivity contribution in [2.75, 3.05) is 45.8 Å². The highest BCUT2D eigenvalue weighted by molar-refractivity contribution is 6.08. The Morgan fingerprint density at radius 2 is 1.96 bits per heavy atom. The Balaban J connectivity index is 1.70. The topological polar surface area (TPSA) is 77.9 Å². The van der Waals surface area contributed by atoms with Gasteiger partial charge in [0, 0.05) is 32.7 Å². The van der Waals surface area contributed by atoms with E-state index in [1.807, 2.05) is 34.9 Å². The number of fused-ring (bicyclic) bond motifs is 3. The molecule has 3 amide bonds. The van der Waals surface area contributed by atoms with Crippen molar-refractivity contribution in [1.29, 1.82) is 0 Å². The van der Waals surface area contributed by atoms with Crippen LogP contribution in [0.5, 0.6) is 11.5 Å². The molecule has 2 saturated heterocycles. The summed E-state index contributed by atoms with van der Waals surface area (Å²) in [4.78, 5) is 37.4. The van der Waals surface area contributed by atoms with E-state index in [2.05, 4.69) is 0 Å². The molecular weight excluding hydrogens is 362 g/mol. The van der Waals surface area contributed by atoms with Gasteiger partial charge in [-0.05, 0) is 18.6 Å². The summed E-state index contributed by atoms with van der Waals surface area (Å²) >= 11 is 0. The summed E-state index contributed by atoms with van der Waals surface area (Å²) in [6.07, 6.45) is 0.214. The number of likely N-dealkylation sites (N-methyl/N-ethyl adjacent to an activating group) is 1. The number of amides is 3. The van der Waals surface area contributed by atoms with E-state index in [0.717, 1.165) is 12.1 Å². The lowest BCUT2D eigenvalue weighted by Crippen LogP contribution is -2.64. The van der Waals surface area contributed by atoms with Gasteiger partial charge in [0.2, 0.25) is 5.96 Å². The first-order valence-electron chi connectivity index (χ1n) is 9.44. The number of rotatable bonds is 5. The molecule has 2 unspecified atom stereocenters. The Bertz CT molecular complexity index is 842. The Morgan fingerprint density at radius 1 is 1.18 bits per heavy atom. The molecule has 4 rings (SSSR count). The highest BCUT2D eigenvalue weighted by atomic mass is 16.5. The lowest BCUT2D eigenvalue weighted by atomic mass is 10.1. The molecule has 9 heteroatoms. The number of ether oxygens (including phenoxy) is 2. The number of nitrogens with zero attached hydrogens (tertiary/aromatic N) is 5. The van der Waals surface area contributed by atoms with Crippen molar-refractivity contribution >= 4 is 23.6 Å². The fraction of sp³-hybridized carbons (Fsp3) is 0.526. The Morgan fingerprint density at radius 3 is 2.64 bits per heavy atom. The lowest BCUT2D eigenvalue weighted by Gasteiger charge is -2.40. The number of benzene rings is 1. The Labute approximate surface area is 164 Å². The summed E-state index contributed by atoms with van der Waals surface area (Å²) < 4.78 is 10.9. The van der Waals surface area contributed by atoms with Crippen LogP contribution in [0.4, 0.5) is 10.5 Å². The molecule has 0 aromatic heterocycles.